The van der Waals surface area contributed by atoms with E-state index in [1.54, 1.807) is 0 Å². The summed E-state index contributed by atoms with van der Waals surface area (Å²) in [5.74, 6) is -1.42. The van der Waals surface area contributed by atoms with Gasteiger partial charge in [-0.1, -0.05) is 18.7 Å². The first-order valence-corrected chi connectivity index (χ1v) is 8.31. The molecule has 1 aliphatic carbocycles. The summed E-state index contributed by atoms with van der Waals surface area (Å²) < 4.78 is 15.1. The second-order valence-corrected chi connectivity index (χ2v) is 5.73. The minimum absolute atomic E-state index is 0.00325. The van der Waals surface area contributed by atoms with Crippen LogP contribution in [0.15, 0.2) is 24.3 Å². The average Bonchev–Trinajstić information content (AvgIpc) is 2.51. The molecule has 1 atom stereocenters. The summed E-state index contributed by atoms with van der Waals surface area (Å²) in [5, 5.41) is 0. The average molecular weight is 338 g/mol. The summed E-state index contributed by atoms with van der Waals surface area (Å²) in [4.78, 5) is 34.4. The van der Waals surface area contributed by atoms with Crippen LogP contribution in [0.25, 0.3) is 0 Å². The van der Waals surface area contributed by atoms with Gasteiger partial charge in [-0.05, 0) is 39.0 Å². The summed E-state index contributed by atoms with van der Waals surface area (Å²) in [6.07, 6.45) is 8.74. The molecule has 134 valence electrons. The normalized spacial score (nSPS) is 18.6. The zero-order chi connectivity index (χ0) is 17.8. The summed E-state index contributed by atoms with van der Waals surface area (Å²) in [7, 11) is 0. The number of ether oxygens (including phenoxy) is 3. The van der Waals surface area contributed by atoms with Gasteiger partial charge in [-0.2, -0.15) is 0 Å². The van der Waals surface area contributed by atoms with Crippen LogP contribution in [0.3, 0.4) is 0 Å². The number of esters is 3. The van der Waals surface area contributed by atoms with Crippen molar-refractivity contribution in [3.05, 3.63) is 24.3 Å². The van der Waals surface area contributed by atoms with Gasteiger partial charge in [0.25, 0.3) is 0 Å². The van der Waals surface area contributed by atoms with Crippen LogP contribution in [0.5, 0.6) is 0 Å². The van der Waals surface area contributed by atoms with Crippen molar-refractivity contribution in [2.45, 2.75) is 58.0 Å². The minimum atomic E-state index is -0.524. The Morgan fingerprint density at radius 2 is 1.67 bits per heavy atom. The molecule has 0 heterocycles. The standard InChI is InChI=1S/C18H26O6/c1-14(2)18(21)23-13-12-22-16(19)10-11-17(20)24-15-8-6-4-3-5-7-9-15/h3-4,15H,1,5-13H2,2H3/b4-3-. The highest BCUT2D eigenvalue weighted by atomic mass is 16.6. The van der Waals surface area contributed by atoms with Crippen molar-refractivity contribution in [2.24, 2.45) is 0 Å². The predicted octanol–water partition coefficient (Wildman–Crippen LogP) is 2.86. The lowest BCUT2D eigenvalue weighted by Crippen LogP contribution is -2.20. The van der Waals surface area contributed by atoms with Crippen molar-refractivity contribution >= 4 is 17.9 Å². The topological polar surface area (TPSA) is 78.9 Å². The van der Waals surface area contributed by atoms with Gasteiger partial charge >= 0.3 is 17.9 Å². The molecule has 1 unspecified atom stereocenters. The van der Waals surface area contributed by atoms with E-state index in [9.17, 15) is 14.4 Å². The highest BCUT2D eigenvalue weighted by Gasteiger charge is 2.16. The van der Waals surface area contributed by atoms with Crippen molar-refractivity contribution < 1.29 is 28.6 Å². The quantitative estimate of drug-likeness (QED) is 0.223. The second-order valence-electron chi connectivity index (χ2n) is 5.73. The lowest BCUT2D eigenvalue weighted by molar-refractivity contribution is -0.155. The maximum atomic E-state index is 11.8. The number of allylic oxidation sites excluding steroid dienone is 2. The van der Waals surface area contributed by atoms with Gasteiger partial charge < -0.3 is 14.2 Å². The largest absolute Gasteiger partial charge is 0.462 e. The van der Waals surface area contributed by atoms with Crippen molar-refractivity contribution in [1.29, 1.82) is 0 Å². The van der Waals surface area contributed by atoms with E-state index in [4.69, 9.17) is 14.2 Å². The maximum Gasteiger partial charge on any atom is 0.333 e. The Morgan fingerprint density at radius 3 is 2.42 bits per heavy atom. The third kappa shape index (κ3) is 9.12. The van der Waals surface area contributed by atoms with Gasteiger partial charge in [0.1, 0.15) is 19.3 Å². The van der Waals surface area contributed by atoms with Crippen molar-refractivity contribution in [2.75, 3.05) is 13.2 Å². The first-order valence-electron chi connectivity index (χ1n) is 8.31. The smallest absolute Gasteiger partial charge is 0.333 e. The third-order valence-corrected chi connectivity index (χ3v) is 3.48. The molecule has 0 aromatic carbocycles. The Hall–Kier alpha value is -2.11. The molecular weight excluding hydrogens is 312 g/mol. The summed E-state index contributed by atoms with van der Waals surface area (Å²) >= 11 is 0. The molecule has 0 aromatic heterocycles. The molecule has 0 amide bonds. The number of hydrogen-bond donors (Lipinski definition) is 0. The predicted molar refractivity (Wildman–Crippen MR) is 88.1 cm³/mol. The van der Waals surface area contributed by atoms with Crippen LogP contribution in [-0.2, 0) is 28.6 Å². The number of rotatable bonds is 8. The molecule has 6 heteroatoms. The Balaban J connectivity index is 2.12. The minimum Gasteiger partial charge on any atom is -0.462 e. The molecule has 0 aromatic rings. The third-order valence-electron chi connectivity index (χ3n) is 3.48. The second kappa shape index (κ2) is 11.4. The maximum absolute atomic E-state index is 11.8. The van der Waals surface area contributed by atoms with E-state index in [0.29, 0.717) is 0 Å². The molecule has 24 heavy (non-hydrogen) atoms. The fraction of sp³-hybridized carbons (Fsp3) is 0.611. The molecule has 0 spiro atoms. The van der Waals surface area contributed by atoms with E-state index in [2.05, 4.69) is 18.7 Å². The van der Waals surface area contributed by atoms with E-state index in [0.717, 1.165) is 32.1 Å². The lowest BCUT2D eigenvalue weighted by atomic mass is 10.0. The summed E-state index contributed by atoms with van der Waals surface area (Å²) in [6.45, 7) is 4.90. The molecule has 1 aliphatic rings. The van der Waals surface area contributed by atoms with Crippen molar-refractivity contribution in [1.82, 2.24) is 0 Å². The molecule has 0 saturated heterocycles. The van der Waals surface area contributed by atoms with Crippen LogP contribution >= 0.6 is 0 Å². The van der Waals surface area contributed by atoms with Gasteiger partial charge in [0.15, 0.2) is 0 Å². The van der Waals surface area contributed by atoms with Crippen LogP contribution in [0.2, 0.25) is 0 Å². The highest BCUT2D eigenvalue weighted by Crippen LogP contribution is 2.16. The van der Waals surface area contributed by atoms with Gasteiger partial charge in [-0.15, -0.1) is 0 Å². The van der Waals surface area contributed by atoms with E-state index in [1.165, 1.54) is 6.92 Å². The van der Waals surface area contributed by atoms with Gasteiger partial charge in [0, 0.05) is 5.57 Å². The molecular formula is C18H26O6. The molecule has 0 fully saturated rings. The fourth-order valence-corrected chi connectivity index (χ4v) is 2.18. The van der Waals surface area contributed by atoms with Gasteiger partial charge in [-0.3, -0.25) is 9.59 Å². The van der Waals surface area contributed by atoms with Crippen LogP contribution in [0.4, 0.5) is 0 Å². The van der Waals surface area contributed by atoms with Crippen molar-refractivity contribution in [3.8, 4) is 0 Å². The first-order chi connectivity index (χ1) is 11.5. The number of hydrogen-bond acceptors (Lipinski definition) is 6. The zero-order valence-electron chi connectivity index (χ0n) is 14.3. The van der Waals surface area contributed by atoms with Crippen LogP contribution in [0, 0.1) is 0 Å². The van der Waals surface area contributed by atoms with Crippen LogP contribution in [0.1, 0.15) is 51.9 Å². The number of carbonyl (C=O) groups excluding carboxylic acids is 3. The molecule has 0 aliphatic heterocycles. The van der Waals surface area contributed by atoms with E-state index in [-0.39, 0.29) is 43.7 Å². The molecule has 0 N–H and O–H groups in total. The zero-order valence-corrected chi connectivity index (χ0v) is 14.3. The SMILES string of the molecule is C=C(C)C(=O)OCCOC(=O)CCC(=O)OC1CC/C=C\CCC1. The van der Waals surface area contributed by atoms with E-state index < -0.39 is 11.9 Å². The molecule has 0 saturated carbocycles. The van der Waals surface area contributed by atoms with Gasteiger partial charge in [0.2, 0.25) is 0 Å². The Morgan fingerprint density at radius 1 is 1.00 bits per heavy atom. The molecule has 0 radical (unpaired) electrons. The molecule has 1 rings (SSSR count). The Labute approximate surface area is 142 Å². The monoisotopic (exact) mass is 338 g/mol. The molecule has 6 nitrogen and oxygen atoms in total. The highest BCUT2D eigenvalue weighted by molar-refractivity contribution is 5.86. The van der Waals surface area contributed by atoms with Crippen molar-refractivity contribution in [3.63, 3.8) is 0 Å². The first kappa shape index (κ1) is 19.9. The fourth-order valence-electron chi connectivity index (χ4n) is 2.18. The van der Waals surface area contributed by atoms with Gasteiger partial charge in [-0.25, -0.2) is 4.79 Å². The van der Waals surface area contributed by atoms with E-state index >= 15 is 0 Å². The number of carbonyl (C=O) groups is 3. The van der Waals surface area contributed by atoms with Crippen LogP contribution < -0.4 is 0 Å². The summed E-state index contributed by atoms with van der Waals surface area (Å²) in [6, 6.07) is 0. The van der Waals surface area contributed by atoms with E-state index in [1.807, 2.05) is 0 Å². The van der Waals surface area contributed by atoms with Gasteiger partial charge in [0.05, 0.1) is 12.8 Å². The Kier molecular flexibility index (Phi) is 9.49. The summed E-state index contributed by atoms with van der Waals surface area (Å²) in [5.41, 5.74) is 0.286. The van der Waals surface area contributed by atoms with Crippen LogP contribution in [-0.4, -0.2) is 37.2 Å². The molecule has 0 bridgehead atoms. The Bertz CT molecular complexity index is 480. The lowest BCUT2D eigenvalue weighted by Gasteiger charge is -2.18.